The molecular weight excluding hydrogens is 329 g/mol. The minimum atomic E-state index is -2.13. The summed E-state index contributed by atoms with van der Waals surface area (Å²) in [6.07, 6.45) is 0. The van der Waals surface area contributed by atoms with Crippen LogP contribution in [0.15, 0.2) is 6.07 Å². The van der Waals surface area contributed by atoms with E-state index in [1.165, 1.54) is 0 Å². The molecule has 0 atom stereocenters. The number of hydrogen-bond acceptors (Lipinski definition) is 1. The molecular formula is C7H4BaF4O2. The number of carboxylic acid groups (broad SMARTS) is 1. The van der Waals surface area contributed by atoms with E-state index in [1.54, 1.807) is 0 Å². The van der Waals surface area contributed by atoms with E-state index in [-0.39, 0.29) is 57.8 Å². The van der Waals surface area contributed by atoms with Crippen LogP contribution >= 0.6 is 0 Å². The molecule has 0 unspecified atom stereocenters. The van der Waals surface area contributed by atoms with E-state index in [1.807, 2.05) is 0 Å². The summed E-state index contributed by atoms with van der Waals surface area (Å²) in [5.74, 6) is -9.67. The van der Waals surface area contributed by atoms with E-state index >= 15 is 0 Å². The van der Waals surface area contributed by atoms with Crippen molar-refractivity contribution in [1.29, 1.82) is 0 Å². The quantitative estimate of drug-likeness (QED) is 0.368. The van der Waals surface area contributed by atoms with Gasteiger partial charge in [-0.2, -0.15) is 0 Å². The van der Waals surface area contributed by atoms with Crippen LogP contribution in [-0.4, -0.2) is 60.0 Å². The second-order valence-corrected chi connectivity index (χ2v) is 2.15. The Balaban J connectivity index is -0.000000563. The summed E-state index contributed by atoms with van der Waals surface area (Å²) in [5, 5.41) is 8.21. The van der Waals surface area contributed by atoms with E-state index in [9.17, 15) is 22.4 Å². The van der Waals surface area contributed by atoms with Crippen LogP contribution in [0.25, 0.3) is 0 Å². The van der Waals surface area contributed by atoms with Crippen molar-refractivity contribution in [3.8, 4) is 0 Å². The van der Waals surface area contributed by atoms with Crippen molar-refractivity contribution >= 4 is 54.9 Å². The molecule has 1 rings (SSSR count). The smallest absolute Gasteiger partial charge is 1.00 e. The average molecular weight is 333 g/mol. The van der Waals surface area contributed by atoms with Crippen molar-refractivity contribution in [2.75, 3.05) is 0 Å². The maximum absolute atomic E-state index is 12.5. The molecule has 0 spiro atoms. The van der Waals surface area contributed by atoms with Gasteiger partial charge in [-0.1, -0.05) is 0 Å². The summed E-state index contributed by atoms with van der Waals surface area (Å²) < 4.78 is 49.5. The molecule has 0 saturated carbocycles. The maximum Gasteiger partial charge on any atom is 2.00 e. The molecule has 0 aliphatic heterocycles. The number of aromatic carboxylic acids is 1. The third-order valence-corrected chi connectivity index (χ3v) is 1.33. The van der Waals surface area contributed by atoms with Gasteiger partial charge in [-0.25, -0.2) is 22.4 Å². The zero-order valence-corrected chi connectivity index (χ0v) is 11.1. The van der Waals surface area contributed by atoms with Gasteiger partial charge in [-0.05, 0) is 6.07 Å². The van der Waals surface area contributed by atoms with Crippen LogP contribution in [0.2, 0.25) is 0 Å². The molecule has 74 valence electrons. The van der Waals surface area contributed by atoms with Gasteiger partial charge in [0.15, 0.2) is 23.3 Å². The van der Waals surface area contributed by atoms with Crippen molar-refractivity contribution in [1.82, 2.24) is 0 Å². The summed E-state index contributed by atoms with van der Waals surface area (Å²) >= 11 is 0. The Morgan fingerprint density at radius 3 is 2.07 bits per heavy atom. The van der Waals surface area contributed by atoms with Gasteiger partial charge in [-0.3, -0.25) is 0 Å². The van der Waals surface area contributed by atoms with Crippen LogP contribution in [0.1, 0.15) is 13.2 Å². The molecule has 2 nitrogen and oxygen atoms in total. The largest absolute Gasteiger partial charge is 2.00 e. The van der Waals surface area contributed by atoms with E-state index in [0.717, 1.165) is 0 Å². The predicted molar refractivity (Wildman–Crippen MR) is 41.2 cm³/mol. The second-order valence-electron chi connectivity index (χ2n) is 2.15. The minimum Gasteiger partial charge on any atom is -1.00 e. The number of hydrogen-bond donors (Lipinski definition) is 1. The van der Waals surface area contributed by atoms with Crippen molar-refractivity contribution in [2.24, 2.45) is 0 Å². The summed E-state index contributed by atoms with van der Waals surface area (Å²) in [7, 11) is 0. The Morgan fingerprint density at radius 1 is 1.14 bits per heavy atom. The summed E-state index contributed by atoms with van der Waals surface area (Å²) in [6, 6.07) is 0.0794. The summed E-state index contributed by atoms with van der Waals surface area (Å²) in [5.41, 5.74) is -1.24. The molecule has 0 aliphatic rings. The van der Waals surface area contributed by atoms with Crippen LogP contribution in [0.5, 0.6) is 0 Å². The number of halogens is 4. The van der Waals surface area contributed by atoms with Crippen molar-refractivity contribution in [3.05, 3.63) is 34.9 Å². The fourth-order valence-corrected chi connectivity index (χ4v) is 0.728. The van der Waals surface area contributed by atoms with Gasteiger partial charge < -0.3 is 7.96 Å². The number of carbonyl (C=O) groups is 1. The molecule has 0 heterocycles. The zero-order valence-electron chi connectivity index (χ0n) is 8.65. The fourth-order valence-electron chi connectivity index (χ4n) is 0.728. The van der Waals surface area contributed by atoms with E-state index < -0.39 is 34.8 Å². The van der Waals surface area contributed by atoms with Crippen LogP contribution in [0, 0.1) is 23.3 Å². The Hall–Kier alpha value is -0.0186. The van der Waals surface area contributed by atoms with Gasteiger partial charge in [0.05, 0.1) is 0 Å². The first-order valence-corrected chi connectivity index (χ1v) is 3.01. The maximum atomic E-state index is 12.5. The fraction of sp³-hybridized carbons (Fsp3) is 0. The number of rotatable bonds is 1. The van der Waals surface area contributed by atoms with Crippen LogP contribution in [0.4, 0.5) is 17.6 Å². The van der Waals surface area contributed by atoms with Gasteiger partial charge in [0.2, 0.25) is 0 Å². The van der Waals surface area contributed by atoms with Crippen molar-refractivity contribution in [3.63, 3.8) is 0 Å². The molecule has 0 fully saturated rings. The van der Waals surface area contributed by atoms with E-state index in [2.05, 4.69) is 0 Å². The average Bonchev–Trinajstić information content (AvgIpc) is 2.07. The van der Waals surface area contributed by atoms with Gasteiger partial charge in [0.1, 0.15) is 5.56 Å². The van der Waals surface area contributed by atoms with Gasteiger partial charge >= 0.3 is 54.9 Å². The third-order valence-electron chi connectivity index (χ3n) is 1.33. The normalized spacial score (nSPS) is 9.43. The molecule has 0 amide bonds. The zero-order chi connectivity index (χ0) is 10.2. The third kappa shape index (κ3) is 2.51. The van der Waals surface area contributed by atoms with Gasteiger partial charge in [0, 0.05) is 0 Å². The Labute approximate surface area is 119 Å². The monoisotopic (exact) mass is 334 g/mol. The van der Waals surface area contributed by atoms with E-state index in [4.69, 9.17) is 5.11 Å². The Kier molecular flexibility index (Phi) is 5.17. The molecule has 1 aromatic carbocycles. The molecule has 0 saturated heterocycles. The van der Waals surface area contributed by atoms with Crippen LogP contribution in [0.3, 0.4) is 0 Å². The molecule has 7 heteroatoms. The molecule has 14 heavy (non-hydrogen) atoms. The number of benzene rings is 1. The first-order valence-electron chi connectivity index (χ1n) is 3.01. The first kappa shape index (κ1) is 14.0. The van der Waals surface area contributed by atoms with Gasteiger partial charge in [-0.15, -0.1) is 0 Å². The Morgan fingerprint density at radius 2 is 1.64 bits per heavy atom. The first-order chi connectivity index (χ1) is 5.95. The predicted octanol–water partition coefficient (Wildman–Crippen LogP) is 1.79. The standard InChI is InChI=1S/C7H2F4O2.Ba.2H/c8-3-1-2(7(12)13)4(9)6(11)5(3)10;;;/h1H,(H,12,13);;;/q;+2;2*-1. The topological polar surface area (TPSA) is 37.3 Å². The Bertz CT molecular complexity index is 389. The van der Waals surface area contributed by atoms with Crippen molar-refractivity contribution in [2.45, 2.75) is 0 Å². The molecule has 0 aromatic heterocycles. The minimum absolute atomic E-state index is 0. The molecule has 0 radical (unpaired) electrons. The molecule has 1 aromatic rings. The molecule has 0 bridgehead atoms. The molecule has 1 N–H and O–H groups in total. The van der Waals surface area contributed by atoms with Crippen LogP contribution in [-0.2, 0) is 0 Å². The SMILES string of the molecule is O=C(O)c1cc(F)c(F)c(F)c1F.[Ba+2].[H-].[H-]. The van der Waals surface area contributed by atoms with Crippen LogP contribution < -0.4 is 0 Å². The second kappa shape index (κ2) is 5.17. The van der Waals surface area contributed by atoms with Gasteiger partial charge in [0.25, 0.3) is 0 Å². The summed E-state index contributed by atoms with van der Waals surface area (Å²) in [4.78, 5) is 10.1. The number of carboxylic acids is 1. The van der Waals surface area contributed by atoms with Crippen molar-refractivity contribution < 1.29 is 30.3 Å². The molecule has 0 aliphatic carbocycles. The summed E-state index contributed by atoms with van der Waals surface area (Å²) in [6.45, 7) is 0. The van der Waals surface area contributed by atoms with E-state index in [0.29, 0.717) is 0 Å².